The zero-order valence-corrected chi connectivity index (χ0v) is 24.9. The molecule has 2 saturated heterocycles. The molecular formula is C35H38BNO7. The van der Waals surface area contributed by atoms with E-state index in [1.54, 1.807) is 6.07 Å². The SMILES string of the molecule is CCCN1C(=O)[C@@H]2[C@@H](CC(COc3ccccc3)=C3[C@@H](CC/C(=C/c4ccc(CO)o4)c4ccccc4)OB(O)C[C@@H]32)C1=O. The summed E-state index contributed by atoms with van der Waals surface area (Å²) in [7, 11) is -1.05. The molecule has 3 aromatic rings. The van der Waals surface area contributed by atoms with Crippen molar-refractivity contribution in [2.45, 2.75) is 51.6 Å². The number of para-hydroxylation sites is 1. The van der Waals surface area contributed by atoms with Crippen LogP contribution in [0.5, 0.6) is 5.75 Å². The molecule has 2 N–H and O–H groups in total. The van der Waals surface area contributed by atoms with Crippen LogP contribution in [0.2, 0.25) is 6.32 Å². The molecule has 2 fully saturated rings. The van der Waals surface area contributed by atoms with Gasteiger partial charge in [-0.15, -0.1) is 0 Å². The van der Waals surface area contributed by atoms with Gasteiger partial charge in [0.05, 0.1) is 17.9 Å². The number of amides is 2. The fraction of sp³-hybridized carbons (Fsp3) is 0.371. The predicted molar refractivity (Wildman–Crippen MR) is 167 cm³/mol. The van der Waals surface area contributed by atoms with Crippen LogP contribution < -0.4 is 4.74 Å². The number of furan rings is 1. The van der Waals surface area contributed by atoms with E-state index in [-0.39, 0.29) is 37.3 Å². The Labute approximate surface area is 258 Å². The number of imide groups is 1. The zero-order valence-electron chi connectivity index (χ0n) is 24.9. The van der Waals surface area contributed by atoms with E-state index >= 15 is 0 Å². The number of aliphatic hydroxyl groups excluding tert-OH is 1. The first-order valence-electron chi connectivity index (χ1n) is 15.5. The molecule has 0 saturated carbocycles. The number of allylic oxidation sites excluding steroid dienone is 1. The lowest BCUT2D eigenvalue weighted by Crippen LogP contribution is -2.46. The molecule has 8 nitrogen and oxygen atoms in total. The summed E-state index contributed by atoms with van der Waals surface area (Å²) < 4.78 is 18.2. The minimum Gasteiger partial charge on any atom is -0.489 e. The first kappa shape index (κ1) is 30.1. The van der Waals surface area contributed by atoms with Gasteiger partial charge in [-0.05, 0) is 90.5 Å². The van der Waals surface area contributed by atoms with Gasteiger partial charge < -0.3 is 23.9 Å². The predicted octanol–water partition coefficient (Wildman–Crippen LogP) is 5.38. The van der Waals surface area contributed by atoms with Crippen LogP contribution in [-0.2, 0) is 20.9 Å². The lowest BCUT2D eigenvalue weighted by atomic mass is 9.58. The highest BCUT2D eigenvalue weighted by Crippen LogP contribution is 2.51. The lowest BCUT2D eigenvalue weighted by molar-refractivity contribution is -0.140. The number of benzene rings is 2. The van der Waals surface area contributed by atoms with Gasteiger partial charge >= 0.3 is 7.12 Å². The third-order valence-electron chi connectivity index (χ3n) is 8.98. The average Bonchev–Trinajstić information content (AvgIpc) is 3.60. The molecule has 0 radical (unpaired) electrons. The molecule has 0 spiro atoms. The number of hydrogen-bond donors (Lipinski definition) is 2. The third kappa shape index (κ3) is 6.18. The summed E-state index contributed by atoms with van der Waals surface area (Å²) in [5.74, 6) is 0.326. The van der Waals surface area contributed by atoms with E-state index in [4.69, 9.17) is 13.8 Å². The number of fused-ring (bicyclic) bond motifs is 3. The van der Waals surface area contributed by atoms with Gasteiger partial charge in [0.15, 0.2) is 0 Å². The quantitative estimate of drug-likeness (QED) is 0.174. The summed E-state index contributed by atoms with van der Waals surface area (Å²) in [5.41, 5.74) is 4.00. The second kappa shape index (κ2) is 13.4. The van der Waals surface area contributed by atoms with Gasteiger partial charge in [0, 0.05) is 6.54 Å². The van der Waals surface area contributed by atoms with Crippen molar-refractivity contribution in [1.29, 1.82) is 0 Å². The van der Waals surface area contributed by atoms with Crippen LogP contribution in [0.15, 0.2) is 88.4 Å². The molecule has 0 bridgehead atoms. The maximum atomic E-state index is 13.7. The van der Waals surface area contributed by atoms with Gasteiger partial charge in [-0.25, -0.2) is 0 Å². The van der Waals surface area contributed by atoms with Crippen molar-refractivity contribution >= 4 is 30.6 Å². The maximum absolute atomic E-state index is 13.7. The highest BCUT2D eigenvalue weighted by atomic mass is 16.5. The zero-order chi connectivity index (χ0) is 30.6. The highest BCUT2D eigenvalue weighted by Gasteiger charge is 2.57. The highest BCUT2D eigenvalue weighted by molar-refractivity contribution is 6.43. The van der Waals surface area contributed by atoms with E-state index in [9.17, 15) is 19.7 Å². The normalized spacial score (nSPS) is 23.7. The van der Waals surface area contributed by atoms with Crippen molar-refractivity contribution in [3.8, 4) is 5.75 Å². The number of carbonyl (C=O) groups excluding carboxylic acids is 2. The Bertz CT molecular complexity index is 1530. The second-order valence-corrected chi connectivity index (χ2v) is 11.8. The van der Waals surface area contributed by atoms with Gasteiger partial charge in [0.25, 0.3) is 0 Å². The van der Waals surface area contributed by atoms with Crippen LogP contribution in [0.4, 0.5) is 0 Å². The lowest BCUT2D eigenvalue weighted by Gasteiger charge is -2.43. The van der Waals surface area contributed by atoms with E-state index in [0.29, 0.717) is 43.7 Å². The number of rotatable bonds is 11. The largest absolute Gasteiger partial charge is 0.489 e. The van der Waals surface area contributed by atoms with E-state index in [1.165, 1.54) is 4.90 Å². The van der Waals surface area contributed by atoms with Crippen molar-refractivity contribution in [3.05, 3.63) is 101 Å². The first-order chi connectivity index (χ1) is 21.5. The Morgan fingerprint density at radius 2 is 1.77 bits per heavy atom. The summed E-state index contributed by atoms with van der Waals surface area (Å²) in [6.45, 7) is 2.47. The Kier molecular flexibility index (Phi) is 9.16. The Morgan fingerprint density at radius 1 is 1.02 bits per heavy atom. The second-order valence-electron chi connectivity index (χ2n) is 11.8. The van der Waals surface area contributed by atoms with E-state index in [0.717, 1.165) is 28.0 Å². The average molecular weight is 596 g/mol. The number of aliphatic hydroxyl groups is 1. The van der Waals surface area contributed by atoms with E-state index < -0.39 is 25.1 Å². The van der Waals surface area contributed by atoms with Gasteiger partial charge in [0.2, 0.25) is 11.8 Å². The van der Waals surface area contributed by atoms with Gasteiger partial charge in [-0.1, -0.05) is 55.5 Å². The summed E-state index contributed by atoms with van der Waals surface area (Å²) >= 11 is 0. The molecule has 228 valence electrons. The topological polar surface area (TPSA) is 109 Å². The van der Waals surface area contributed by atoms with Crippen LogP contribution >= 0.6 is 0 Å². The molecule has 3 aliphatic rings. The summed E-state index contributed by atoms with van der Waals surface area (Å²) in [5, 5.41) is 20.4. The van der Waals surface area contributed by atoms with Crippen molar-refractivity contribution in [1.82, 2.24) is 4.90 Å². The van der Waals surface area contributed by atoms with Crippen molar-refractivity contribution in [2.24, 2.45) is 17.8 Å². The van der Waals surface area contributed by atoms with Gasteiger partial charge in [-0.2, -0.15) is 0 Å². The standard InChI is InChI=1S/C35H38BNO7/c1-2-17-37-34(39)29-19-25(22-42-26-11-7-4-8-12-26)32-30(33(29)35(37)40)20-36(41)44-31(32)16-13-24(23-9-5-3-6-10-23)18-27-14-15-28(21-38)43-27/h3-12,14-15,18,29-31,33,38,41H,2,13,16-17,19-22H2,1H3/b24-18-/t29-,30+,31-,33-/m1/s1. The Morgan fingerprint density at radius 3 is 2.48 bits per heavy atom. The number of ether oxygens (including phenoxy) is 1. The number of carbonyl (C=O) groups is 2. The van der Waals surface area contributed by atoms with Crippen LogP contribution in [0.25, 0.3) is 11.6 Å². The summed E-state index contributed by atoms with van der Waals surface area (Å²) in [6.07, 6.45) is 4.05. The molecule has 2 aliphatic heterocycles. The van der Waals surface area contributed by atoms with Gasteiger partial charge in [-0.3, -0.25) is 14.5 Å². The third-order valence-corrected chi connectivity index (χ3v) is 8.98. The van der Waals surface area contributed by atoms with Crippen molar-refractivity contribution in [3.63, 3.8) is 0 Å². The molecular weight excluding hydrogens is 557 g/mol. The Hall–Kier alpha value is -3.92. The number of likely N-dealkylation sites (tertiary alicyclic amines) is 1. The van der Waals surface area contributed by atoms with Crippen molar-refractivity contribution < 1.29 is 33.5 Å². The van der Waals surface area contributed by atoms with E-state index in [2.05, 4.69) is 0 Å². The molecule has 44 heavy (non-hydrogen) atoms. The molecule has 9 heteroatoms. The van der Waals surface area contributed by atoms with Crippen molar-refractivity contribution in [2.75, 3.05) is 13.2 Å². The smallest absolute Gasteiger partial charge is 0.455 e. The number of nitrogens with zero attached hydrogens (tertiary/aromatic N) is 1. The molecule has 3 heterocycles. The number of hydrogen-bond acceptors (Lipinski definition) is 7. The molecule has 1 aromatic heterocycles. The minimum atomic E-state index is -1.05. The van der Waals surface area contributed by atoms with Crippen LogP contribution in [0.1, 0.15) is 49.7 Å². The molecule has 2 aromatic carbocycles. The van der Waals surface area contributed by atoms with Crippen LogP contribution in [0, 0.1) is 17.8 Å². The van der Waals surface area contributed by atoms with Crippen LogP contribution in [0.3, 0.4) is 0 Å². The maximum Gasteiger partial charge on any atom is 0.455 e. The first-order valence-corrected chi connectivity index (χ1v) is 15.5. The molecule has 0 unspecified atom stereocenters. The fourth-order valence-electron chi connectivity index (χ4n) is 7.06. The monoisotopic (exact) mass is 595 g/mol. The van der Waals surface area contributed by atoms with E-state index in [1.807, 2.05) is 79.7 Å². The molecule has 6 rings (SSSR count). The molecule has 1 aliphatic carbocycles. The molecule has 4 atom stereocenters. The van der Waals surface area contributed by atoms with Gasteiger partial charge in [0.1, 0.15) is 30.5 Å². The minimum absolute atomic E-state index is 0.120. The molecule has 2 amide bonds. The van der Waals surface area contributed by atoms with Crippen LogP contribution in [-0.4, -0.2) is 53.2 Å². The fourth-order valence-corrected chi connectivity index (χ4v) is 7.06. The Balaban J connectivity index is 1.34. The summed E-state index contributed by atoms with van der Waals surface area (Å²) in [6, 6.07) is 23.1. The summed E-state index contributed by atoms with van der Waals surface area (Å²) in [4.78, 5) is 28.6.